The lowest BCUT2D eigenvalue weighted by Gasteiger charge is -2.41. The summed E-state index contributed by atoms with van der Waals surface area (Å²) in [5.41, 5.74) is 0.734. The van der Waals surface area contributed by atoms with E-state index in [2.05, 4.69) is 5.32 Å². The van der Waals surface area contributed by atoms with Crippen LogP contribution in [0.5, 0.6) is 0 Å². The first kappa shape index (κ1) is 18.6. The van der Waals surface area contributed by atoms with Crippen molar-refractivity contribution in [3.8, 4) is 0 Å². The zero-order valence-corrected chi connectivity index (χ0v) is 15.3. The molecule has 7 nitrogen and oxygen atoms in total. The van der Waals surface area contributed by atoms with Crippen LogP contribution in [0.15, 0.2) is 18.2 Å². The number of carbonyl (C=O) groups excluding carboxylic acids is 1. The van der Waals surface area contributed by atoms with E-state index in [1.807, 2.05) is 4.90 Å². The number of rotatable bonds is 6. The maximum absolute atomic E-state index is 12.9. The molecule has 7 heteroatoms. The molecule has 3 rings (SSSR count). The Morgan fingerprint density at radius 2 is 2.08 bits per heavy atom. The Morgan fingerprint density at radius 3 is 2.81 bits per heavy atom. The zero-order valence-electron chi connectivity index (χ0n) is 15.3. The molecular formula is C19H27N3O4. The Bertz CT molecular complexity index is 664. The fraction of sp³-hybridized carbons (Fsp3) is 0.632. The van der Waals surface area contributed by atoms with E-state index in [0.29, 0.717) is 30.3 Å². The van der Waals surface area contributed by atoms with Crippen molar-refractivity contribution >= 4 is 17.3 Å². The van der Waals surface area contributed by atoms with E-state index < -0.39 is 4.92 Å². The van der Waals surface area contributed by atoms with Crippen molar-refractivity contribution in [3.05, 3.63) is 33.9 Å². The van der Waals surface area contributed by atoms with Gasteiger partial charge in [-0.05, 0) is 36.8 Å². The maximum atomic E-state index is 12.9. The molecule has 26 heavy (non-hydrogen) atoms. The summed E-state index contributed by atoms with van der Waals surface area (Å²) in [6.45, 7) is 2.46. The van der Waals surface area contributed by atoms with Gasteiger partial charge < -0.3 is 15.0 Å². The summed E-state index contributed by atoms with van der Waals surface area (Å²) in [5.74, 6) is 1.24. The molecule has 142 valence electrons. The van der Waals surface area contributed by atoms with E-state index in [1.54, 1.807) is 19.2 Å². The van der Waals surface area contributed by atoms with Crippen molar-refractivity contribution in [2.75, 3.05) is 38.7 Å². The Morgan fingerprint density at radius 1 is 1.31 bits per heavy atom. The van der Waals surface area contributed by atoms with Crippen LogP contribution in [-0.2, 0) is 4.74 Å². The van der Waals surface area contributed by atoms with Crippen LogP contribution in [0.2, 0.25) is 0 Å². The highest BCUT2D eigenvalue weighted by atomic mass is 16.6. The number of amides is 1. The van der Waals surface area contributed by atoms with Gasteiger partial charge in [0.25, 0.3) is 11.6 Å². The maximum Gasteiger partial charge on any atom is 0.293 e. The lowest BCUT2D eigenvalue weighted by atomic mass is 9.75. The van der Waals surface area contributed by atoms with Crippen LogP contribution in [0.4, 0.5) is 11.4 Å². The van der Waals surface area contributed by atoms with Gasteiger partial charge in [0, 0.05) is 38.4 Å². The summed E-state index contributed by atoms with van der Waals surface area (Å²) in [4.78, 5) is 25.7. The molecule has 1 amide bonds. The largest absolute Gasteiger partial charge is 0.383 e. The number of fused-ring (bicyclic) bond motifs is 1. The zero-order chi connectivity index (χ0) is 18.5. The topological polar surface area (TPSA) is 84.7 Å². The summed E-state index contributed by atoms with van der Waals surface area (Å²) >= 11 is 0. The van der Waals surface area contributed by atoms with Crippen LogP contribution in [0.1, 0.15) is 42.5 Å². The summed E-state index contributed by atoms with van der Waals surface area (Å²) in [6.07, 6.45) is 6.07. The molecule has 1 aromatic rings. The number of nitrogens with one attached hydrogen (secondary N) is 1. The number of hydrogen-bond donors (Lipinski definition) is 1. The number of nitro benzene ring substituents is 1. The number of nitrogens with zero attached hydrogens (tertiary/aromatic N) is 2. The number of ether oxygens (including phenoxy) is 1. The van der Waals surface area contributed by atoms with E-state index in [0.717, 1.165) is 25.4 Å². The van der Waals surface area contributed by atoms with E-state index in [4.69, 9.17) is 4.74 Å². The van der Waals surface area contributed by atoms with Crippen LogP contribution in [-0.4, -0.2) is 49.1 Å². The van der Waals surface area contributed by atoms with Gasteiger partial charge in [-0.15, -0.1) is 0 Å². The van der Waals surface area contributed by atoms with Crippen molar-refractivity contribution in [3.63, 3.8) is 0 Å². The van der Waals surface area contributed by atoms with Crippen molar-refractivity contribution in [1.82, 2.24) is 4.90 Å². The number of anilines is 1. The summed E-state index contributed by atoms with van der Waals surface area (Å²) in [6, 6.07) is 4.69. The average Bonchev–Trinajstić information content (AvgIpc) is 2.67. The number of methoxy groups -OCH3 is 1. The first-order valence-electron chi connectivity index (χ1n) is 9.40. The van der Waals surface area contributed by atoms with Crippen molar-refractivity contribution in [1.29, 1.82) is 0 Å². The highest BCUT2D eigenvalue weighted by molar-refractivity contribution is 5.95. The lowest BCUT2D eigenvalue weighted by molar-refractivity contribution is -0.384. The predicted octanol–water partition coefficient (Wildman–Crippen LogP) is 3.31. The van der Waals surface area contributed by atoms with Crippen LogP contribution >= 0.6 is 0 Å². The number of benzene rings is 1. The molecule has 1 aliphatic heterocycles. The standard InChI is InChI=1S/C19H27N3O4/c1-26-11-9-20-17-7-6-15(12-18(17)22(24)25)19(23)21-10-8-14-4-2-3-5-16(14)13-21/h6-7,12,14,16,20H,2-5,8-11,13H2,1H3/t14-,16-/m0/s1. The minimum atomic E-state index is -0.445. The van der Waals surface area contributed by atoms with Crippen molar-refractivity contribution in [2.24, 2.45) is 11.8 Å². The molecule has 1 heterocycles. The quantitative estimate of drug-likeness (QED) is 0.477. The average molecular weight is 361 g/mol. The van der Waals surface area contributed by atoms with E-state index in [-0.39, 0.29) is 11.6 Å². The molecule has 0 aromatic heterocycles. The highest BCUT2D eigenvalue weighted by Crippen LogP contribution is 2.36. The first-order valence-corrected chi connectivity index (χ1v) is 9.40. The van der Waals surface area contributed by atoms with Crippen LogP contribution < -0.4 is 5.32 Å². The second-order valence-corrected chi connectivity index (χ2v) is 7.25. The molecule has 1 saturated carbocycles. The van der Waals surface area contributed by atoms with Crippen LogP contribution in [0.3, 0.4) is 0 Å². The molecule has 2 aliphatic rings. The number of likely N-dealkylation sites (tertiary alicyclic amines) is 1. The minimum absolute atomic E-state index is 0.0699. The van der Waals surface area contributed by atoms with E-state index in [9.17, 15) is 14.9 Å². The second-order valence-electron chi connectivity index (χ2n) is 7.25. The summed E-state index contributed by atoms with van der Waals surface area (Å²) in [5, 5.41) is 14.4. The number of nitro groups is 1. The van der Waals surface area contributed by atoms with Gasteiger partial charge >= 0.3 is 0 Å². The third-order valence-electron chi connectivity index (χ3n) is 5.64. The molecule has 1 N–H and O–H groups in total. The van der Waals surface area contributed by atoms with Gasteiger partial charge in [-0.3, -0.25) is 14.9 Å². The lowest BCUT2D eigenvalue weighted by Crippen LogP contribution is -2.44. The van der Waals surface area contributed by atoms with Gasteiger partial charge in [0.2, 0.25) is 0 Å². The number of piperidine rings is 1. The predicted molar refractivity (Wildman–Crippen MR) is 99.4 cm³/mol. The Labute approximate surface area is 153 Å². The summed E-state index contributed by atoms with van der Waals surface area (Å²) < 4.78 is 4.96. The second kappa shape index (κ2) is 8.49. The fourth-order valence-corrected chi connectivity index (χ4v) is 4.22. The number of hydrogen-bond acceptors (Lipinski definition) is 5. The van der Waals surface area contributed by atoms with E-state index in [1.165, 1.54) is 31.7 Å². The molecule has 1 saturated heterocycles. The third kappa shape index (κ3) is 4.15. The van der Waals surface area contributed by atoms with Gasteiger partial charge in [0.05, 0.1) is 11.5 Å². The molecule has 0 bridgehead atoms. The fourth-order valence-electron chi connectivity index (χ4n) is 4.22. The van der Waals surface area contributed by atoms with Gasteiger partial charge in [-0.1, -0.05) is 19.3 Å². The molecule has 0 spiro atoms. The third-order valence-corrected chi connectivity index (χ3v) is 5.64. The smallest absolute Gasteiger partial charge is 0.293 e. The molecule has 0 unspecified atom stereocenters. The monoisotopic (exact) mass is 361 g/mol. The van der Waals surface area contributed by atoms with Crippen molar-refractivity contribution < 1.29 is 14.5 Å². The molecule has 0 radical (unpaired) electrons. The first-order chi connectivity index (χ1) is 12.6. The van der Waals surface area contributed by atoms with Gasteiger partial charge in [0.1, 0.15) is 5.69 Å². The van der Waals surface area contributed by atoms with Gasteiger partial charge in [-0.2, -0.15) is 0 Å². The molecule has 2 atom stereocenters. The van der Waals surface area contributed by atoms with Gasteiger partial charge in [-0.25, -0.2) is 0 Å². The molecular weight excluding hydrogens is 334 g/mol. The minimum Gasteiger partial charge on any atom is -0.383 e. The van der Waals surface area contributed by atoms with Crippen LogP contribution in [0.25, 0.3) is 0 Å². The molecule has 2 fully saturated rings. The SMILES string of the molecule is COCCNc1ccc(C(=O)N2CC[C@@H]3CCCC[C@H]3C2)cc1[N+](=O)[O-]. The Hall–Kier alpha value is -2.15. The molecule has 1 aromatic carbocycles. The van der Waals surface area contributed by atoms with Gasteiger partial charge in [0.15, 0.2) is 0 Å². The Kier molecular flexibility index (Phi) is 6.08. The molecule has 1 aliphatic carbocycles. The van der Waals surface area contributed by atoms with Crippen molar-refractivity contribution in [2.45, 2.75) is 32.1 Å². The highest BCUT2D eigenvalue weighted by Gasteiger charge is 2.33. The Balaban J connectivity index is 1.72. The summed E-state index contributed by atoms with van der Waals surface area (Å²) in [7, 11) is 1.58. The normalized spacial score (nSPS) is 22.6. The van der Waals surface area contributed by atoms with Crippen LogP contribution in [0, 0.1) is 22.0 Å². The number of carbonyl (C=O) groups is 1. The van der Waals surface area contributed by atoms with E-state index >= 15 is 0 Å².